The topological polar surface area (TPSA) is 107 Å². The minimum Gasteiger partial charge on any atom is -0.366 e. The smallest absolute Gasteiger partial charge is 0.250 e. The van der Waals surface area contributed by atoms with E-state index >= 15 is 0 Å². The molecule has 3 aromatic rings. The summed E-state index contributed by atoms with van der Waals surface area (Å²) in [6.07, 6.45) is 3.51. The zero-order valence-electron chi connectivity index (χ0n) is 15.1. The van der Waals surface area contributed by atoms with Gasteiger partial charge in [-0.1, -0.05) is 20.8 Å². The number of ketones is 1. The van der Waals surface area contributed by atoms with Crippen molar-refractivity contribution in [1.29, 1.82) is 0 Å². The van der Waals surface area contributed by atoms with Gasteiger partial charge in [0.25, 0.3) is 5.91 Å². The van der Waals surface area contributed by atoms with Crippen LogP contribution in [0.25, 0.3) is 16.7 Å². The lowest BCUT2D eigenvalue weighted by molar-refractivity contribution is 0.0909. The molecule has 2 aromatic heterocycles. The minimum absolute atomic E-state index is 0.118. The predicted molar refractivity (Wildman–Crippen MR) is 97.5 cm³/mol. The molecule has 3 N–H and O–H groups in total. The molecule has 1 aromatic carbocycles. The molecule has 0 aliphatic heterocycles. The molecule has 0 saturated carbocycles. The number of aromatic amines is 1. The lowest BCUT2D eigenvalue weighted by Gasteiger charge is -2.29. The first-order chi connectivity index (χ1) is 12.3. The van der Waals surface area contributed by atoms with Crippen LogP contribution in [0.4, 0.5) is 0 Å². The van der Waals surface area contributed by atoms with Crippen molar-refractivity contribution in [2.75, 3.05) is 0 Å². The second-order valence-corrected chi connectivity index (χ2v) is 7.60. The number of aryl methyl sites for hydroxylation is 1. The molecule has 134 valence electrons. The van der Waals surface area contributed by atoms with Crippen LogP contribution in [0.3, 0.4) is 0 Å². The molecule has 0 unspecified atom stereocenters. The molecule has 7 nitrogen and oxygen atoms in total. The normalized spacial score (nSPS) is 16.0. The zero-order chi connectivity index (χ0) is 18.6. The number of primary amides is 1. The van der Waals surface area contributed by atoms with Crippen LogP contribution >= 0.6 is 0 Å². The Bertz CT molecular complexity index is 1060. The molecule has 0 spiro atoms. The summed E-state index contributed by atoms with van der Waals surface area (Å²) in [5.41, 5.74) is 10.1. The van der Waals surface area contributed by atoms with Crippen LogP contribution in [-0.2, 0) is 12.8 Å². The van der Waals surface area contributed by atoms with Crippen LogP contribution in [0.2, 0.25) is 0 Å². The molecule has 0 radical (unpaired) electrons. The summed E-state index contributed by atoms with van der Waals surface area (Å²) in [5, 5.41) is 4.73. The molecule has 1 aliphatic rings. The Morgan fingerprint density at radius 3 is 2.81 bits per heavy atom. The number of aromatic nitrogens is 4. The van der Waals surface area contributed by atoms with Crippen molar-refractivity contribution >= 4 is 22.7 Å². The van der Waals surface area contributed by atoms with Crippen LogP contribution in [0, 0.1) is 5.41 Å². The summed E-state index contributed by atoms with van der Waals surface area (Å²) in [6, 6.07) is 3.47. The van der Waals surface area contributed by atoms with Crippen molar-refractivity contribution in [2.45, 2.75) is 40.0 Å². The highest BCUT2D eigenvalue weighted by Crippen LogP contribution is 2.38. The van der Waals surface area contributed by atoms with E-state index in [2.05, 4.69) is 23.8 Å². The van der Waals surface area contributed by atoms with Gasteiger partial charge in [0, 0.05) is 6.42 Å². The van der Waals surface area contributed by atoms with Gasteiger partial charge in [0.2, 0.25) is 0 Å². The number of Topliss-reactive ketones (excluding diaryl/α,β-unsaturated/α-hetero) is 1. The maximum Gasteiger partial charge on any atom is 0.250 e. The summed E-state index contributed by atoms with van der Waals surface area (Å²) in [6.45, 7) is 6.19. The number of imidazole rings is 1. The molecule has 0 atom stereocenters. The average molecular weight is 351 g/mol. The number of carbonyl (C=O) groups excluding carboxylic acids is 2. The van der Waals surface area contributed by atoms with Crippen LogP contribution in [0.1, 0.15) is 59.3 Å². The van der Waals surface area contributed by atoms with Crippen molar-refractivity contribution in [3.05, 3.63) is 41.0 Å². The van der Waals surface area contributed by atoms with Crippen molar-refractivity contribution in [1.82, 2.24) is 19.7 Å². The summed E-state index contributed by atoms with van der Waals surface area (Å²) in [4.78, 5) is 31.7. The first kappa shape index (κ1) is 16.5. The Labute approximate surface area is 150 Å². The number of rotatable bonds is 3. The van der Waals surface area contributed by atoms with Gasteiger partial charge in [-0.3, -0.25) is 9.59 Å². The molecule has 0 saturated heterocycles. The fourth-order valence-corrected chi connectivity index (χ4v) is 3.87. The molecular weight excluding hydrogens is 330 g/mol. The van der Waals surface area contributed by atoms with Gasteiger partial charge in [0.05, 0.1) is 40.0 Å². The number of H-pyrrole nitrogens is 1. The lowest BCUT2D eigenvalue weighted by atomic mass is 9.75. The predicted octanol–water partition coefficient (Wildman–Crippen LogP) is 2.57. The van der Waals surface area contributed by atoms with E-state index in [-0.39, 0.29) is 11.2 Å². The zero-order valence-corrected chi connectivity index (χ0v) is 15.1. The molecule has 1 amide bonds. The quantitative estimate of drug-likeness (QED) is 0.756. The Hall–Kier alpha value is -2.96. The molecule has 1 aliphatic carbocycles. The third kappa shape index (κ3) is 2.34. The fraction of sp³-hybridized carbons (Fsp3) is 0.368. The van der Waals surface area contributed by atoms with Gasteiger partial charge in [-0.05, 0) is 30.4 Å². The molecule has 2 heterocycles. The third-order valence-electron chi connectivity index (χ3n) is 5.00. The van der Waals surface area contributed by atoms with E-state index in [4.69, 9.17) is 10.8 Å². The van der Waals surface area contributed by atoms with E-state index in [0.29, 0.717) is 29.4 Å². The highest BCUT2D eigenvalue weighted by molar-refractivity contribution is 6.06. The van der Waals surface area contributed by atoms with Crippen LogP contribution in [0.5, 0.6) is 0 Å². The van der Waals surface area contributed by atoms with Crippen molar-refractivity contribution in [3.63, 3.8) is 0 Å². The van der Waals surface area contributed by atoms with E-state index in [1.165, 1.54) is 6.33 Å². The Morgan fingerprint density at radius 2 is 2.12 bits per heavy atom. The van der Waals surface area contributed by atoms with Crippen LogP contribution in [0.15, 0.2) is 18.5 Å². The van der Waals surface area contributed by atoms with E-state index in [9.17, 15) is 9.59 Å². The number of nitrogens with one attached hydrogen (secondary N) is 1. The second-order valence-electron chi connectivity index (χ2n) is 7.60. The number of benzene rings is 1. The number of amides is 1. The molecule has 4 rings (SSSR count). The monoisotopic (exact) mass is 351 g/mol. The van der Waals surface area contributed by atoms with Gasteiger partial charge in [0.1, 0.15) is 5.52 Å². The largest absolute Gasteiger partial charge is 0.366 e. The minimum atomic E-state index is -0.526. The molecule has 7 heteroatoms. The van der Waals surface area contributed by atoms with E-state index < -0.39 is 5.91 Å². The van der Waals surface area contributed by atoms with Gasteiger partial charge in [0.15, 0.2) is 5.78 Å². The second kappa shape index (κ2) is 5.52. The highest BCUT2D eigenvalue weighted by atomic mass is 16.1. The van der Waals surface area contributed by atoms with E-state index in [1.54, 1.807) is 12.1 Å². The average Bonchev–Trinajstić information content (AvgIpc) is 3.17. The van der Waals surface area contributed by atoms with Gasteiger partial charge >= 0.3 is 0 Å². The number of nitrogens with zero attached hydrogens (tertiary/aromatic N) is 3. The van der Waals surface area contributed by atoms with Gasteiger partial charge in [-0.15, -0.1) is 0 Å². The maximum atomic E-state index is 12.7. The summed E-state index contributed by atoms with van der Waals surface area (Å²) in [7, 11) is 0. The standard InChI is InChI=1S/C19H21N5O2/c1-4-11-15-13(7-19(2,3)8-14(15)25)24(23-11)12-6-5-10(18(20)26)16-17(12)22-9-21-16/h5-6,9H,4,7-8H2,1-3H3,(H2,20,26)(H,21,22). The van der Waals surface area contributed by atoms with Gasteiger partial charge in [-0.25, -0.2) is 9.67 Å². The lowest BCUT2D eigenvalue weighted by Crippen LogP contribution is -2.28. The molecule has 0 bridgehead atoms. The van der Waals surface area contributed by atoms with Gasteiger partial charge in [-0.2, -0.15) is 5.10 Å². The number of nitrogens with two attached hydrogens (primary N) is 1. The summed E-state index contributed by atoms with van der Waals surface area (Å²) in [5.74, 6) is -0.379. The van der Waals surface area contributed by atoms with Crippen molar-refractivity contribution in [3.8, 4) is 5.69 Å². The SMILES string of the molecule is CCc1nn(-c2ccc(C(N)=O)c3nc[nH]c23)c2c1C(=O)CC(C)(C)C2. The van der Waals surface area contributed by atoms with E-state index in [0.717, 1.165) is 29.1 Å². The summed E-state index contributed by atoms with van der Waals surface area (Å²) < 4.78 is 1.83. The fourth-order valence-electron chi connectivity index (χ4n) is 3.87. The Balaban J connectivity index is 2.00. The number of hydrogen-bond donors (Lipinski definition) is 2. The maximum absolute atomic E-state index is 12.7. The van der Waals surface area contributed by atoms with Gasteiger partial charge < -0.3 is 10.7 Å². The first-order valence-corrected chi connectivity index (χ1v) is 8.72. The molecule has 26 heavy (non-hydrogen) atoms. The van der Waals surface area contributed by atoms with E-state index in [1.807, 2.05) is 11.6 Å². The van der Waals surface area contributed by atoms with Crippen LogP contribution < -0.4 is 5.73 Å². The third-order valence-corrected chi connectivity index (χ3v) is 5.00. The highest BCUT2D eigenvalue weighted by Gasteiger charge is 2.36. The Kier molecular flexibility index (Phi) is 3.50. The summed E-state index contributed by atoms with van der Waals surface area (Å²) >= 11 is 0. The van der Waals surface area contributed by atoms with Crippen LogP contribution in [-0.4, -0.2) is 31.4 Å². The number of hydrogen-bond acceptors (Lipinski definition) is 4. The number of carbonyl (C=O) groups is 2. The number of fused-ring (bicyclic) bond motifs is 2. The van der Waals surface area contributed by atoms with Crippen molar-refractivity contribution in [2.24, 2.45) is 11.1 Å². The van der Waals surface area contributed by atoms with Crippen molar-refractivity contribution < 1.29 is 9.59 Å². The Morgan fingerprint density at radius 1 is 1.35 bits per heavy atom. The molecule has 0 fully saturated rings. The molecular formula is C19H21N5O2. The first-order valence-electron chi connectivity index (χ1n) is 8.72.